The van der Waals surface area contributed by atoms with E-state index in [9.17, 15) is 0 Å². The molecule has 5 heteroatoms. The van der Waals surface area contributed by atoms with E-state index in [0.29, 0.717) is 6.61 Å². The first-order valence-corrected chi connectivity index (χ1v) is 7.24. The molecule has 1 aromatic heterocycles. The second-order valence-corrected chi connectivity index (χ2v) is 5.44. The number of pyridine rings is 1. The van der Waals surface area contributed by atoms with Crippen molar-refractivity contribution in [3.05, 3.63) is 30.3 Å². The molecule has 0 amide bonds. The Labute approximate surface area is 124 Å². The molecule has 3 rings (SSSR count). The van der Waals surface area contributed by atoms with E-state index in [4.69, 9.17) is 20.2 Å². The van der Waals surface area contributed by atoms with Crippen molar-refractivity contribution in [2.24, 2.45) is 5.73 Å². The molecule has 1 saturated heterocycles. The maximum absolute atomic E-state index is 5.94. The fourth-order valence-corrected chi connectivity index (χ4v) is 2.60. The summed E-state index contributed by atoms with van der Waals surface area (Å²) in [6.07, 6.45) is 0.0621. The van der Waals surface area contributed by atoms with Gasteiger partial charge in [0.05, 0.1) is 25.3 Å². The highest BCUT2D eigenvalue weighted by atomic mass is 16.5. The van der Waals surface area contributed by atoms with Crippen LogP contribution in [-0.2, 0) is 4.74 Å². The van der Waals surface area contributed by atoms with Gasteiger partial charge in [-0.1, -0.05) is 0 Å². The quantitative estimate of drug-likeness (QED) is 0.932. The lowest BCUT2D eigenvalue weighted by atomic mass is 10.1. The summed E-state index contributed by atoms with van der Waals surface area (Å²) >= 11 is 0. The van der Waals surface area contributed by atoms with Crippen molar-refractivity contribution in [3.8, 4) is 5.75 Å². The Morgan fingerprint density at radius 2 is 2.24 bits per heavy atom. The molecule has 2 heterocycles. The number of ether oxygens (including phenoxy) is 2. The van der Waals surface area contributed by atoms with Crippen molar-refractivity contribution in [1.82, 2.24) is 4.98 Å². The highest BCUT2D eigenvalue weighted by Gasteiger charge is 2.24. The highest BCUT2D eigenvalue weighted by Crippen LogP contribution is 2.23. The summed E-state index contributed by atoms with van der Waals surface area (Å²) in [6.45, 7) is 4.30. The number of fused-ring (bicyclic) bond motifs is 1. The normalized spacial score (nSPS) is 20.5. The maximum Gasteiger partial charge on any atom is 0.129 e. The molecular formula is C16H21N3O2. The number of anilines is 1. The minimum atomic E-state index is 0.0255. The molecule has 2 unspecified atom stereocenters. The van der Waals surface area contributed by atoms with Gasteiger partial charge >= 0.3 is 0 Å². The molecule has 2 N–H and O–H groups in total. The predicted octanol–water partition coefficient (Wildman–Crippen LogP) is 1.80. The summed E-state index contributed by atoms with van der Waals surface area (Å²) in [5.74, 6) is 1.82. The van der Waals surface area contributed by atoms with E-state index in [1.165, 1.54) is 0 Å². The van der Waals surface area contributed by atoms with Gasteiger partial charge in [-0.25, -0.2) is 4.98 Å². The van der Waals surface area contributed by atoms with Crippen LogP contribution < -0.4 is 15.4 Å². The van der Waals surface area contributed by atoms with Gasteiger partial charge in [0.15, 0.2) is 0 Å². The maximum atomic E-state index is 5.94. The smallest absolute Gasteiger partial charge is 0.129 e. The first-order chi connectivity index (χ1) is 10.2. The average molecular weight is 287 g/mol. The van der Waals surface area contributed by atoms with Gasteiger partial charge in [0.25, 0.3) is 0 Å². The number of morpholine rings is 1. The van der Waals surface area contributed by atoms with Crippen molar-refractivity contribution in [1.29, 1.82) is 0 Å². The van der Waals surface area contributed by atoms with Gasteiger partial charge in [-0.2, -0.15) is 0 Å². The fourth-order valence-electron chi connectivity index (χ4n) is 2.60. The summed E-state index contributed by atoms with van der Waals surface area (Å²) in [5.41, 5.74) is 6.91. The molecule has 0 bridgehead atoms. The average Bonchev–Trinajstić information content (AvgIpc) is 2.54. The second kappa shape index (κ2) is 5.87. The van der Waals surface area contributed by atoms with Crippen LogP contribution in [0.2, 0.25) is 0 Å². The van der Waals surface area contributed by atoms with Crippen molar-refractivity contribution in [2.75, 3.05) is 31.7 Å². The largest absolute Gasteiger partial charge is 0.497 e. The number of rotatable bonds is 3. The van der Waals surface area contributed by atoms with Crippen LogP contribution in [0.1, 0.15) is 6.92 Å². The summed E-state index contributed by atoms with van der Waals surface area (Å²) in [6, 6.07) is 10.1. The van der Waals surface area contributed by atoms with E-state index in [2.05, 4.69) is 11.0 Å². The summed E-state index contributed by atoms with van der Waals surface area (Å²) < 4.78 is 10.9. The first-order valence-electron chi connectivity index (χ1n) is 7.24. The van der Waals surface area contributed by atoms with E-state index >= 15 is 0 Å². The summed E-state index contributed by atoms with van der Waals surface area (Å²) in [5, 5.41) is 1.08. The molecule has 1 aromatic carbocycles. The predicted molar refractivity (Wildman–Crippen MR) is 83.9 cm³/mol. The number of hydrogen-bond acceptors (Lipinski definition) is 5. The molecule has 1 fully saturated rings. The first kappa shape index (κ1) is 14.1. The van der Waals surface area contributed by atoms with Crippen LogP contribution in [0.4, 0.5) is 5.82 Å². The Kier molecular flexibility index (Phi) is 3.94. The van der Waals surface area contributed by atoms with Crippen molar-refractivity contribution >= 4 is 16.7 Å². The van der Waals surface area contributed by atoms with E-state index < -0.39 is 0 Å². The molecule has 0 saturated carbocycles. The fraction of sp³-hybridized carbons (Fsp3) is 0.438. The minimum absolute atomic E-state index is 0.0255. The van der Waals surface area contributed by atoms with E-state index in [1.54, 1.807) is 7.11 Å². The van der Waals surface area contributed by atoms with Gasteiger partial charge < -0.3 is 20.1 Å². The Hall–Kier alpha value is -1.85. The molecule has 5 nitrogen and oxygen atoms in total. The number of benzene rings is 1. The van der Waals surface area contributed by atoms with Crippen LogP contribution in [0.5, 0.6) is 5.75 Å². The second-order valence-electron chi connectivity index (χ2n) is 5.44. The van der Waals surface area contributed by atoms with Crippen molar-refractivity contribution in [2.45, 2.75) is 19.1 Å². The van der Waals surface area contributed by atoms with Gasteiger partial charge in [-0.15, -0.1) is 0 Å². The molecule has 2 aromatic rings. The Bertz CT molecular complexity index is 630. The van der Waals surface area contributed by atoms with E-state index in [1.807, 2.05) is 31.2 Å². The van der Waals surface area contributed by atoms with Crippen LogP contribution in [0.15, 0.2) is 30.3 Å². The zero-order chi connectivity index (χ0) is 14.8. The molecule has 2 atom stereocenters. The zero-order valence-electron chi connectivity index (χ0n) is 12.5. The lowest BCUT2D eigenvalue weighted by Crippen LogP contribution is -2.49. The standard InChI is InChI=1S/C16H21N3O2/c1-11(17)15-10-19(7-8-21-15)16-6-3-12-9-13(20-2)4-5-14(12)18-16/h3-6,9,11,15H,7-8,10,17H2,1-2H3. The minimum Gasteiger partial charge on any atom is -0.497 e. The lowest BCUT2D eigenvalue weighted by Gasteiger charge is -2.35. The molecular weight excluding hydrogens is 266 g/mol. The molecule has 21 heavy (non-hydrogen) atoms. The van der Waals surface area contributed by atoms with Crippen LogP contribution in [0.3, 0.4) is 0 Å². The third-order valence-corrected chi connectivity index (χ3v) is 3.89. The monoisotopic (exact) mass is 287 g/mol. The number of methoxy groups -OCH3 is 1. The lowest BCUT2D eigenvalue weighted by molar-refractivity contribution is 0.0273. The summed E-state index contributed by atoms with van der Waals surface area (Å²) in [4.78, 5) is 6.98. The number of nitrogens with two attached hydrogens (primary N) is 1. The van der Waals surface area contributed by atoms with Crippen molar-refractivity contribution < 1.29 is 9.47 Å². The molecule has 0 aliphatic carbocycles. The van der Waals surface area contributed by atoms with Crippen LogP contribution in [-0.4, -0.2) is 43.9 Å². The van der Waals surface area contributed by atoms with Gasteiger partial charge in [0, 0.05) is 24.5 Å². The molecule has 1 aliphatic rings. The summed E-state index contributed by atoms with van der Waals surface area (Å²) in [7, 11) is 1.67. The number of aromatic nitrogens is 1. The Morgan fingerprint density at radius 1 is 1.38 bits per heavy atom. The zero-order valence-corrected chi connectivity index (χ0v) is 12.5. The molecule has 112 valence electrons. The van der Waals surface area contributed by atoms with Gasteiger partial charge in [0.1, 0.15) is 11.6 Å². The van der Waals surface area contributed by atoms with Crippen molar-refractivity contribution in [3.63, 3.8) is 0 Å². The SMILES string of the molecule is COc1ccc2nc(N3CCOC(C(C)N)C3)ccc2c1. The van der Waals surface area contributed by atoms with Gasteiger partial charge in [-0.05, 0) is 37.3 Å². The van der Waals surface area contributed by atoms with E-state index in [0.717, 1.165) is 35.6 Å². The van der Waals surface area contributed by atoms with Gasteiger partial charge in [-0.3, -0.25) is 0 Å². The van der Waals surface area contributed by atoms with E-state index in [-0.39, 0.29) is 12.1 Å². The third kappa shape index (κ3) is 2.94. The topological polar surface area (TPSA) is 60.6 Å². The number of hydrogen-bond donors (Lipinski definition) is 1. The van der Waals surface area contributed by atoms with Crippen LogP contribution >= 0.6 is 0 Å². The third-order valence-electron chi connectivity index (χ3n) is 3.89. The van der Waals surface area contributed by atoms with Gasteiger partial charge in [0.2, 0.25) is 0 Å². The Balaban J connectivity index is 1.86. The molecule has 0 radical (unpaired) electrons. The van der Waals surface area contributed by atoms with Crippen LogP contribution in [0, 0.1) is 0 Å². The number of nitrogens with zero attached hydrogens (tertiary/aromatic N) is 2. The molecule has 1 aliphatic heterocycles. The molecule has 0 spiro atoms. The van der Waals surface area contributed by atoms with Crippen LogP contribution in [0.25, 0.3) is 10.9 Å². The highest BCUT2D eigenvalue weighted by molar-refractivity contribution is 5.81. The Morgan fingerprint density at radius 3 is 3.00 bits per heavy atom.